The number of aromatic amines is 1. The van der Waals surface area contributed by atoms with Crippen LogP contribution in [0.5, 0.6) is 0 Å². The molecule has 3 aromatic carbocycles. The number of para-hydroxylation sites is 1. The summed E-state index contributed by atoms with van der Waals surface area (Å²) in [4.78, 5) is 22.0. The van der Waals surface area contributed by atoms with Crippen LogP contribution in [-0.4, -0.2) is 33.8 Å². The van der Waals surface area contributed by atoms with Crippen molar-refractivity contribution in [3.05, 3.63) is 101 Å². The molecule has 1 aliphatic rings. The van der Waals surface area contributed by atoms with Gasteiger partial charge in [-0.2, -0.15) is 0 Å². The van der Waals surface area contributed by atoms with Crippen molar-refractivity contribution in [2.24, 2.45) is 4.99 Å². The maximum absolute atomic E-state index is 13.7. The number of benzene rings is 3. The molecule has 1 atom stereocenters. The first kappa shape index (κ1) is 22.4. The van der Waals surface area contributed by atoms with Crippen molar-refractivity contribution in [3.63, 3.8) is 0 Å². The van der Waals surface area contributed by atoms with Crippen LogP contribution in [0, 0.1) is 12.7 Å². The Labute approximate surface area is 202 Å². The second-order valence-corrected chi connectivity index (χ2v) is 8.82. The first-order valence-corrected chi connectivity index (χ1v) is 11.3. The maximum Gasteiger partial charge on any atom is 0.337 e. The zero-order valence-electron chi connectivity index (χ0n) is 19.7. The van der Waals surface area contributed by atoms with Crippen molar-refractivity contribution in [1.29, 1.82) is 0 Å². The number of hydrogen-bond acceptors (Lipinski definition) is 4. The van der Waals surface area contributed by atoms with E-state index in [0.717, 1.165) is 44.7 Å². The Morgan fingerprint density at radius 3 is 2.71 bits per heavy atom. The molecule has 1 unspecified atom stereocenters. The molecule has 0 amide bonds. The number of aromatic nitrogens is 1. The molecule has 0 aliphatic carbocycles. The summed E-state index contributed by atoms with van der Waals surface area (Å²) in [5, 5.41) is 13.7. The summed E-state index contributed by atoms with van der Waals surface area (Å²) in [5.41, 5.74) is 6.76. The number of carbonyl (C=O) groups is 1. The van der Waals surface area contributed by atoms with E-state index in [-0.39, 0.29) is 17.4 Å². The molecule has 7 heteroatoms. The van der Waals surface area contributed by atoms with Gasteiger partial charge in [0, 0.05) is 40.5 Å². The molecule has 0 saturated carbocycles. The number of amidine groups is 1. The van der Waals surface area contributed by atoms with Gasteiger partial charge in [0.15, 0.2) is 5.84 Å². The van der Waals surface area contributed by atoms with E-state index in [4.69, 9.17) is 4.99 Å². The van der Waals surface area contributed by atoms with Crippen molar-refractivity contribution in [3.8, 4) is 0 Å². The fourth-order valence-electron chi connectivity index (χ4n) is 4.54. The van der Waals surface area contributed by atoms with Crippen LogP contribution in [0.1, 0.15) is 45.7 Å². The molecular formula is C28H25FN4O2. The molecule has 1 aromatic heterocycles. The van der Waals surface area contributed by atoms with Gasteiger partial charge in [-0.15, -0.1) is 0 Å². The van der Waals surface area contributed by atoms with Crippen molar-refractivity contribution in [2.45, 2.75) is 19.9 Å². The number of aliphatic imine (C=N–C) groups is 1. The summed E-state index contributed by atoms with van der Waals surface area (Å²) in [6.07, 6.45) is 0. The van der Waals surface area contributed by atoms with Crippen LogP contribution >= 0.6 is 0 Å². The molecule has 2 heterocycles. The van der Waals surface area contributed by atoms with E-state index in [1.54, 1.807) is 30.3 Å². The van der Waals surface area contributed by atoms with Gasteiger partial charge in [0.1, 0.15) is 5.82 Å². The average Bonchev–Trinajstić information content (AvgIpc) is 3.24. The van der Waals surface area contributed by atoms with Crippen molar-refractivity contribution < 1.29 is 14.3 Å². The first-order chi connectivity index (χ1) is 16.7. The molecule has 0 spiro atoms. The molecule has 176 valence electrons. The molecule has 0 bridgehead atoms. The number of H-pyrrole nitrogens is 1. The number of aromatic carboxylic acids is 1. The SMILES string of the molecule is C=C1c2cc(C)cc(C(C)Nc3ccccc3C(=O)O)c2N=C(c2cc3cc(F)ccc3[nH]2)N1C. The Hall–Kier alpha value is -4.39. The van der Waals surface area contributed by atoms with E-state index in [1.165, 1.54) is 12.1 Å². The van der Waals surface area contributed by atoms with E-state index >= 15 is 0 Å². The molecular weight excluding hydrogens is 443 g/mol. The van der Waals surface area contributed by atoms with Crippen molar-refractivity contribution in [2.75, 3.05) is 12.4 Å². The van der Waals surface area contributed by atoms with Gasteiger partial charge in [0.05, 0.1) is 23.0 Å². The van der Waals surface area contributed by atoms with E-state index in [1.807, 2.05) is 31.9 Å². The lowest BCUT2D eigenvalue weighted by atomic mass is 9.95. The number of halogens is 1. The van der Waals surface area contributed by atoms with Crippen molar-refractivity contribution >= 4 is 39.8 Å². The van der Waals surface area contributed by atoms with Crippen LogP contribution in [0.4, 0.5) is 15.8 Å². The second-order valence-electron chi connectivity index (χ2n) is 8.82. The summed E-state index contributed by atoms with van der Waals surface area (Å²) in [6, 6.07) is 17.2. The Kier molecular flexibility index (Phi) is 5.40. The number of anilines is 1. The minimum Gasteiger partial charge on any atom is -0.478 e. The number of carboxylic acid groups (broad SMARTS) is 1. The average molecular weight is 469 g/mol. The number of nitrogens with one attached hydrogen (secondary N) is 2. The van der Waals surface area contributed by atoms with Gasteiger partial charge in [0.2, 0.25) is 0 Å². The Balaban J connectivity index is 1.62. The highest BCUT2D eigenvalue weighted by atomic mass is 19.1. The molecule has 0 fully saturated rings. The lowest BCUT2D eigenvalue weighted by Crippen LogP contribution is -2.29. The molecule has 35 heavy (non-hydrogen) atoms. The molecule has 1 aliphatic heterocycles. The standard InChI is InChI=1S/C28H25FN4O2/c1-15-11-21(16(2)30-24-8-6-5-7-20(24)28(34)35)26-22(12-15)17(3)33(4)27(32-26)25-14-18-13-19(29)9-10-23(18)31-25/h5-14,16,30-31H,3H2,1-2,4H3,(H,34,35). The van der Waals surface area contributed by atoms with Gasteiger partial charge in [0.25, 0.3) is 0 Å². The number of carboxylic acids is 1. The fourth-order valence-corrected chi connectivity index (χ4v) is 4.54. The highest BCUT2D eigenvalue weighted by molar-refractivity contribution is 6.09. The largest absolute Gasteiger partial charge is 0.478 e. The quantitative estimate of drug-likeness (QED) is 0.313. The van der Waals surface area contributed by atoms with Crippen LogP contribution < -0.4 is 5.32 Å². The van der Waals surface area contributed by atoms with Gasteiger partial charge in [-0.05, 0) is 61.9 Å². The van der Waals surface area contributed by atoms with Crippen LogP contribution in [0.15, 0.2) is 72.2 Å². The van der Waals surface area contributed by atoms with Crippen molar-refractivity contribution in [1.82, 2.24) is 9.88 Å². The third kappa shape index (κ3) is 3.95. The number of nitrogens with zero attached hydrogens (tertiary/aromatic N) is 2. The molecule has 5 rings (SSSR count). The molecule has 4 aromatic rings. The lowest BCUT2D eigenvalue weighted by molar-refractivity contribution is 0.0698. The van der Waals surface area contributed by atoms with E-state index in [9.17, 15) is 14.3 Å². The monoisotopic (exact) mass is 468 g/mol. The summed E-state index contributed by atoms with van der Waals surface area (Å²) in [7, 11) is 1.91. The van der Waals surface area contributed by atoms with Crippen LogP contribution in [-0.2, 0) is 0 Å². The maximum atomic E-state index is 13.7. The van der Waals surface area contributed by atoms with Gasteiger partial charge in [-0.25, -0.2) is 14.2 Å². The van der Waals surface area contributed by atoms with Gasteiger partial charge < -0.3 is 20.3 Å². The minimum absolute atomic E-state index is 0.208. The number of rotatable bonds is 5. The number of hydrogen-bond donors (Lipinski definition) is 3. The van der Waals surface area contributed by atoms with Crippen LogP contribution in [0.2, 0.25) is 0 Å². The van der Waals surface area contributed by atoms with Gasteiger partial charge in [-0.1, -0.05) is 24.8 Å². The van der Waals surface area contributed by atoms with E-state index in [0.29, 0.717) is 11.5 Å². The Bertz CT molecular complexity index is 1540. The summed E-state index contributed by atoms with van der Waals surface area (Å²) < 4.78 is 13.7. The van der Waals surface area contributed by atoms with Gasteiger partial charge >= 0.3 is 5.97 Å². The fraction of sp³-hybridized carbons (Fsp3) is 0.143. The summed E-state index contributed by atoms with van der Waals surface area (Å²) in [5.74, 6) is -0.615. The third-order valence-corrected chi connectivity index (χ3v) is 6.35. The number of fused-ring (bicyclic) bond motifs is 2. The zero-order chi connectivity index (χ0) is 24.9. The number of aryl methyl sites for hydroxylation is 1. The Morgan fingerprint density at radius 1 is 1.17 bits per heavy atom. The predicted molar refractivity (Wildman–Crippen MR) is 138 cm³/mol. The van der Waals surface area contributed by atoms with E-state index < -0.39 is 5.97 Å². The van der Waals surface area contributed by atoms with Crippen LogP contribution in [0.25, 0.3) is 16.6 Å². The van der Waals surface area contributed by atoms with Crippen LogP contribution in [0.3, 0.4) is 0 Å². The van der Waals surface area contributed by atoms with Gasteiger partial charge in [-0.3, -0.25) is 0 Å². The zero-order valence-corrected chi connectivity index (χ0v) is 19.7. The van der Waals surface area contributed by atoms with E-state index in [2.05, 4.69) is 29.0 Å². The molecule has 3 N–H and O–H groups in total. The molecule has 6 nitrogen and oxygen atoms in total. The molecule has 0 saturated heterocycles. The normalized spacial score (nSPS) is 14.0. The first-order valence-electron chi connectivity index (χ1n) is 11.3. The predicted octanol–water partition coefficient (Wildman–Crippen LogP) is 6.48. The minimum atomic E-state index is -0.989. The topological polar surface area (TPSA) is 80.7 Å². The third-order valence-electron chi connectivity index (χ3n) is 6.35. The highest BCUT2D eigenvalue weighted by Crippen LogP contribution is 2.41. The molecule has 0 radical (unpaired) electrons. The second kappa shape index (κ2) is 8.43. The summed E-state index contributed by atoms with van der Waals surface area (Å²) >= 11 is 0. The highest BCUT2D eigenvalue weighted by Gasteiger charge is 2.27. The lowest BCUT2D eigenvalue weighted by Gasteiger charge is -2.31. The smallest absolute Gasteiger partial charge is 0.337 e. The summed E-state index contributed by atoms with van der Waals surface area (Å²) in [6.45, 7) is 8.31. The Morgan fingerprint density at radius 2 is 1.94 bits per heavy atom.